The number of allylic oxidation sites excluding steroid dienone is 3. The lowest BCUT2D eigenvalue weighted by molar-refractivity contribution is -0.252. The van der Waals surface area contributed by atoms with Gasteiger partial charge in [0.15, 0.2) is 0 Å². The van der Waals surface area contributed by atoms with Crippen LogP contribution in [0.2, 0.25) is 0 Å². The second-order valence-corrected chi connectivity index (χ2v) is 47.7. The van der Waals surface area contributed by atoms with E-state index in [1.54, 1.807) is 0 Å². The summed E-state index contributed by atoms with van der Waals surface area (Å²) in [6.45, 7) is 73.8. The zero-order valence-corrected chi connectivity index (χ0v) is 79.6. The molecule has 8 N–H and O–H groups in total. The Morgan fingerprint density at radius 1 is 0.367 bits per heavy atom. The van der Waals surface area contributed by atoms with E-state index in [9.17, 15) is 40.2 Å². The normalized spacial score (nSPS) is 49.7. The molecule has 13 heteroatoms. The van der Waals surface area contributed by atoms with Crippen LogP contribution in [0.1, 0.15) is 330 Å². The molecule has 15 rings (SSSR count). The molecule has 3 unspecified atom stereocenters. The number of fused-ring (bicyclic) bond motifs is 21. The molecule has 15 aliphatic carbocycles. The molecule has 15 fully saturated rings. The molecule has 0 saturated heterocycles. The Balaban J connectivity index is 0.000000156. The molecule has 0 amide bonds. The predicted molar refractivity (Wildman–Crippen MR) is 486 cm³/mol. The van der Waals surface area contributed by atoms with Crippen molar-refractivity contribution in [2.75, 3.05) is 65.9 Å². The molecule has 13 nitrogen and oxygen atoms in total. The van der Waals surface area contributed by atoms with Crippen molar-refractivity contribution in [1.82, 2.24) is 10.6 Å². The van der Waals surface area contributed by atoms with Crippen LogP contribution in [0.4, 0.5) is 0 Å². The molecule has 15 saturated carbocycles. The summed E-state index contributed by atoms with van der Waals surface area (Å²) in [5.41, 5.74) is 8.25. The van der Waals surface area contributed by atoms with Gasteiger partial charge in [-0.2, -0.15) is 0 Å². The molecule has 0 bridgehead atoms. The first-order valence-electron chi connectivity index (χ1n) is 49.6. The van der Waals surface area contributed by atoms with Gasteiger partial charge < -0.3 is 55.5 Å². The van der Waals surface area contributed by atoms with E-state index in [0.717, 1.165) is 153 Å². The van der Waals surface area contributed by atoms with Crippen LogP contribution in [0.15, 0.2) is 73.3 Å². The van der Waals surface area contributed by atoms with E-state index in [-0.39, 0.29) is 88.3 Å². The van der Waals surface area contributed by atoms with E-state index < -0.39 is 11.5 Å². The third-order valence-electron chi connectivity index (χ3n) is 45.3. The number of rotatable bonds is 23. The molecular formula is C107H176N2O11. The van der Waals surface area contributed by atoms with Gasteiger partial charge in [-0.3, -0.25) is 9.59 Å². The van der Waals surface area contributed by atoms with Crippen molar-refractivity contribution in [1.29, 1.82) is 0 Å². The van der Waals surface area contributed by atoms with E-state index in [1.165, 1.54) is 136 Å². The Morgan fingerprint density at radius 3 is 1.05 bits per heavy atom. The van der Waals surface area contributed by atoms with Crippen LogP contribution in [-0.2, 0) is 23.8 Å². The fourth-order valence-electron chi connectivity index (χ4n) is 37.7. The lowest BCUT2D eigenvalue weighted by Crippen LogP contribution is -2.67. The van der Waals surface area contributed by atoms with Gasteiger partial charge in [0.25, 0.3) is 0 Å². The first kappa shape index (κ1) is 94.2. The minimum Gasteiger partial charge on any atom is -0.496 e. The summed E-state index contributed by atoms with van der Waals surface area (Å²) in [6.07, 6.45) is 38.2. The van der Waals surface area contributed by atoms with Gasteiger partial charge in [-0.1, -0.05) is 163 Å². The maximum atomic E-state index is 11.7. The van der Waals surface area contributed by atoms with Gasteiger partial charge in [-0.25, -0.2) is 0 Å². The number of ether oxygens (including phenoxy) is 3. The van der Waals surface area contributed by atoms with E-state index >= 15 is 0 Å². The van der Waals surface area contributed by atoms with Crippen molar-refractivity contribution in [2.45, 2.75) is 336 Å². The molecule has 0 aromatic carbocycles. The standard InChI is InChI=1S/C37H61NO3.C37H60O4.C33H55NO4/c1-10-33(6)25(3)13-16-34(7)30(33)15-17-36(9)31(34)12-11-29-32-28(24(2)23-41-27(5)40)14-18-37(32,20-19-35(29,36)8)26(4)38-21-22-39;1-10-33(6)25(3)13-16-34(7)30(33)15-17-36(9)31(34)12-11-29-32-28(24(2)23-41-27(5)39)14-18-37(32,20-19-35(29,36)8)26(4)40-22-21-38;1-21(19-36)23-9-14-33(22(2)34-17-18-35)16-15-31(5)24(28(23)33)7-8-26-29(3)12-11-27(38)30(4,20-37)25(29)10-13-32(26,31)6/h25,28-32,38-39H,2,4,10-23H2,1,3,5-9H3;25,28-32,38H,2,4,10-23H2,1,3,5-9H3;23-28,34-38H,1-2,7-20H2,3-6H3/t2*25-,28-,29?,30-,31+,32+,33+,34-,35+,36+,37+;23-,24?,25+,26+,27-,28+,29-,30-,31+,32+,33+/m000/s1. The Bertz CT molecular complexity index is 3650. The number of aliphatic hydroxyl groups is 6. The van der Waals surface area contributed by atoms with Gasteiger partial charge in [-0.05, 0) is 370 Å². The summed E-state index contributed by atoms with van der Waals surface area (Å²) in [5.74, 6) is 10.1. The number of hydrogen-bond donors (Lipinski definition) is 8. The Labute approximate surface area is 730 Å². The molecule has 0 aromatic rings. The van der Waals surface area contributed by atoms with Crippen LogP contribution in [0.25, 0.3) is 0 Å². The topological polar surface area (TPSA) is 207 Å². The van der Waals surface area contributed by atoms with Crippen molar-refractivity contribution >= 4 is 11.9 Å². The average Bonchev–Trinajstić information content (AvgIpc) is 1.07. The summed E-state index contributed by atoms with van der Waals surface area (Å²) >= 11 is 0. The molecular weight excluding hydrogens is 1490 g/mol. The van der Waals surface area contributed by atoms with Crippen molar-refractivity contribution in [3.8, 4) is 0 Å². The second-order valence-electron chi connectivity index (χ2n) is 47.7. The third-order valence-corrected chi connectivity index (χ3v) is 45.3. The largest absolute Gasteiger partial charge is 0.496 e. The summed E-state index contributed by atoms with van der Waals surface area (Å²) in [6, 6.07) is 0. The quantitative estimate of drug-likeness (QED) is 0.0273. The summed E-state index contributed by atoms with van der Waals surface area (Å²) in [7, 11) is 0. The van der Waals surface area contributed by atoms with Crippen molar-refractivity contribution in [3.63, 3.8) is 0 Å². The third kappa shape index (κ3) is 13.8. The zero-order valence-electron chi connectivity index (χ0n) is 79.6. The molecule has 120 heavy (non-hydrogen) atoms. The van der Waals surface area contributed by atoms with E-state index in [1.807, 2.05) is 0 Å². The Morgan fingerprint density at radius 2 is 0.708 bits per heavy atom. The highest BCUT2D eigenvalue weighted by Gasteiger charge is 2.76. The number of hydrogen-bond acceptors (Lipinski definition) is 13. The van der Waals surface area contributed by atoms with Gasteiger partial charge in [0.05, 0.1) is 44.9 Å². The lowest BCUT2D eigenvalue weighted by atomic mass is 9.31. The predicted octanol–water partition coefficient (Wildman–Crippen LogP) is 22.1. The maximum Gasteiger partial charge on any atom is 0.302 e. The van der Waals surface area contributed by atoms with Crippen LogP contribution in [0, 0.1) is 182 Å². The van der Waals surface area contributed by atoms with E-state index in [2.05, 4.69) is 161 Å². The zero-order chi connectivity index (χ0) is 87.7. The van der Waals surface area contributed by atoms with Crippen molar-refractivity contribution < 1.29 is 54.4 Å². The van der Waals surface area contributed by atoms with Crippen LogP contribution in [-0.4, -0.2) is 115 Å². The molecule has 0 aliphatic heterocycles. The first-order chi connectivity index (χ1) is 56.4. The van der Waals surface area contributed by atoms with Gasteiger partial charge in [0.1, 0.15) is 19.8 Å². The monoisotopic (exact) mass is 1670 g/mol. The van der Waals surface area contributed by atoms with Gasteiger partial charge in [-0.15, -0.1) is 0 Å². The van der Waals surface area contributed by atoms with Gasteiger partial charge in [0, 0.05) is 60.0 Å². The van der Waals surface area contributed by atoms with Crippen LogP contribution >= 0.6 is 0 Å². The van der Waals surface area contributed by atoms with Gasteiger partial charge in [0.2, 0.25) is 0 Å². The highest BCUT2D eigenvalue weighted by atomic mass is 16.5. The summed E-state index contributed by atoms with van der Waals surface area (Å²) < 4.78 is 17.2. The highest BCUT2D eigenvalue weighted by molar-refractivity contribution is 5.66. The molecule has 0 spiro atoms. The minimum atomic E-state index is -0.418. The average molecular weight is 1670 g/mol. The summed E-state index contributed by atoms with van der Waals surface area (Å²) in [4.78, 5) is 23.5. The smallest absolute Gasteiger partial charge is 0.302 e. The van der Waals surface area contributed by atoms with E-state index in [4.69, 9.17) is 14.2 Å². The fourth-order valence-corrected chi connectivity index (χ4v) is 37.7. The highest BCUT2D eigenvalue weighted by Crippen LogP contribution is 2.83. The van der Waals surface area contributed by atoms with Gasteiger partial charge >= 0.3 is 11.9 Å². The van der Waals surface area contributed by atoms with Crippen molar-refractivity contribution in [2.24, 2.45) is 182 Å². The van der Waals surface area contributed by atoms with Crippen LogP contribution in [0.5, 0.6) is 0 Å². The maximum absolute atomic E-state index is 11.7. The Hall–Kier alpha value is -3.46. The molecule has 0 aromatic heterocycles. The fraction of sp³-hybridized carbons (Fsp3) is 0.869. The van der Waals surface area contributed by atoms with Crippen LogP contribution in [0.3, 0.4) is 0 Å². The molecule has 680 valence electrons. The number of aliphatic hydroxyl groups excluding tert-OH is 6. The SMILES string of the molecule is C=C(CO)[C@@H]1CC[C@]2(C(=C)NCCO)CC[C@]3(C)C(CC[C@@H]4[C@@]5(C)CC[C@H](O)[C@@](C)(CO)[C@@H]5CC[C@]43C)[C@@H]12.C=C(COC(C)=O)[C@@H]1CC[C@]2(C(=C)NCCO)CC[C@]3(C)C(CC[C@@H]4[C@@]5(C)CC[C@H](C)[C@@](C)(CC)[C@@H]5CC[C@]43C)[C@@H]12.C=C(COC(C)=O)[C@@H]1CC[C@]2(C(=C)OCCO)CC[C@]3(C)C(CC[C@@H]4[C@@]5(C)CC[C@H](C)[C@@](C)(CC)[C@@H]5CC[C@]43C)[C@@H]12. The lowest BCUT2D eigenvalue weighted by Gasteiger charge is -2.73. The van der Waals surface area contributed by atoms with Crippen LogP contribution < -0.4 is 10.6 Å². The second kappa shape index (κ2) is 33.9. The first-order valence-corrected chi connectivity index (χ1v) is 49.6. The molecule has 0 heterocycles. The minimum absolute atomic E-state index is 0.00314. The van der Waals surface area contributed by atoms with E-state index in [0.29, 0.717) is 130 Å². The number of esters is 2. The Kier molecular flexibility index (Phi) is 26.6. The molecule has 15 aliphatic rings. The number of carbonyl (C=O) groups is 2. The summed E-state index contributed by atoms with van der Waals surface area (Å²) in [5, 5.41) is 67.5. The molecule has 0 radical (unpaired) electrons. The molecule has 33 atom stereocenters. The number of carbonyl (C=O) groups excluding carboxylic acids is 2. The number of nitrogens with one attached hydrogen (secondary N) is 2. The van der Waals surface area contributed by atoms with Crippen molar-refractivity contribution in [3.05, 3.63) is 73.3 Å².